The van der Waals surface area contributed by atoms with E-state index in [9.17, 15) is 0 Å². The van der Waals surface area contributed by atoms with E-state index in [4.69, 9.17) is 0 Å². The topological polar surface area (TPSA) is 12.0 Å². The van der Waals surface area contributed by atoms with E-state index in [1.165, 1.54) is 22.3 Å². The van der Waals surface area contributed by atoms with Crippen LogP contribution in [-0.2, 0) is 0 Å². The van der Waals surface area contributed by atoms with Gasteiger partial charge >= 0.3 is 0 Å². The maximum absolute atomic E-state index is 3.99. The second kappa shape index (κ2) is 6.61. The minimum atomic E-state index is 0.456. The summed E-state index contributed by atoms with van der Waals surface area (Å²) in [5, 5.41) is 3.57. The van der Waals surface area contributed by atoms with Crippen LogP contribution in [0.3, 0.4) is 0 Å². The molecule has 1 atom stereocenters. The predicted molar refractivity (Wildman–Crippen MR) is 76.4 cm³/mol. The van der Waals surface area contributed by atoms with E-state index in [-0.39, 0.29) is 0 Å². The molecule has 0 radical (unpaired) electrons. The molecule has 0 aliphatic rings. The van der Waals surface area contributed by atoms with Crippen LogP contribution in [0.15, 0.2) is 30.4 Å². The molecule has 0 saturated heterocycles. The number of hydrogen-bond acceptors (Lipinski definition) is 1. The van der Waals surface area contributed by atoms with Gasteiger partial charge in [0.1, 0.15) is 0 Å². The summed E-state index contributed by atoms with van der Waals surface area (Å²) in [6, 6.07) is 7.18. The van der Waals surface area contributed by atoms with Gasteiger partial charge in [0.15, 0.2) is 0 Å². The van der Waals surface area contributed by atoms with E-state index in [0.29, 0.717) is 6.04 Å². The van der Waals surface area contributed by atoms with Crippen molar-refractivity contribution >= 4 is 0 Å². The second-order valence-corrected chi connectivity index (χ2v) is 4.97. The first-order valence-corrected chi connectivity index (χ1v) is 6.49. The van der Waals surface area contributed by atoms with E-state index >= 15 is 0 Å². The van der Waals surface area contributed by atoms with Gasteiger partial charge in [-0.05, 0) is 51.3 Å². The molecule has 0 aliphatic heterocycles. The molecular weight excluding hydrogens is 206 g/mol. The molecule has 1 rings (SSSR count). The maximum atomic E-state index is 3.99. The summed E-state index contributed by atoms with van der Waals surface area (Å²) in [5.41, 5.74) is 5.41. The Morgan fingerprint density at radius 2 is 2.06 bits per heavy atom. The third kappa shape index (κ3) is 4.35. The van der Waals surface area contributed by atoms with Crippen molar-refractivity contribution in [3.63, 3.8) is 0 Å². The molecule has 1 aromatic rings. The standard InChI is InChI=1S/C16H25N/c1-6-17-16(10-7-12(2)3)15-9-8-13(4)11-14(15)5/h8-9,11,16-17H,2,6-7,10H2,1,3-5H3. The van der Waals surface area contributed by atoms with Crippen molar-refractivity contribution in [1.82, 2.24) is 5.32 Å². The van der Waals surface area contributed by atoms with Crippen LogP contribution in [0, 0.1) is 13.8 Å². The summed E-state index contributed by atoms with van der Waals surface area (Å²) >= 11 is 0. The van der Waals surface area contributed by atoms with Gasteiger partial charge in [0.25, 0.3) is 0 Å². The molecule has 1 N–H and O–H groups in total. The fourth-order valence-corrected chi connectivity index (χ4v) is 2.22. The highest BCUT2D eigenvalue weighted by Crippen LogP contribution is 2.24. The summed E-state index contributed by atoms with van der Waals surface area (Å²) < 4.78 is 0. The lowest BCUT2D eigenvalue weighted by Crippen LogP contribution is -2.21. The number of allylic oxidation sites excluding steroid dienone is 1. The zero-order chi connectivity index (χ0) is 12.8. The van der Waals surface area contributed by atoms with E-state index in [0.717, 1.165) is 19.4 Å². The Bertz CT molecular complexity index is 379. The summed E-state index contributed by atoms with van der Waals surface area (Å²) in [5.74, 6) is 0. The first kappa shape index (κ1) is 14.0. The van der Waals surface area contributed by atoms with E-state index in [1.807, 2.05) is 0 Å². The van der Waals surface area contributed by atoms with Gasteiger partial charge in [0.2, 0.25) is 0 Å². The highest BCUT2D eigenvalue weighted by Gasteiger charge is 2.12. The normalized spacial score (nSPS) is 12.5. The van der Waals surface area contributed by atoms with Crippen molar-refractivity contribution in [2.24, 2.45) is 0 Å². The van der Waals surface area contributed by atoms with E-state index < -0.39 is 0 Å². The minimum Gasteiger partial charge on any atom is -0.310 e. The molecule has 94 valence electrons. The average molecular weight is 231 g/mol. The Labute approximate surface area is 106 Å². The van der Waals surface area contributed by atoms with Gasteiger partial charge in [-0.15, -0.1) is 6.58 Å². The lowest BCUT2D eigenvalue weighted by Gasteiger charge is -2.21. The van der Waals surface area contributed by atoms with Crippen molar-refractivity contribution < 1.29 is 0 Å². The molecular formula is C16H25N. The van der Waals surface area contributed by atoms with Crippen molar-refractivity contribution in [1.29, 1.82) is 0 Å². The number of nitrogens with one attached hydrogen (secondary N) is 1. The van der Waals surface area contributed by atoms with Crippen molar-refractivity contribution in [2.45, 2.75) is 46.6 Å². The second-order valence-electron chi connectivity index (χ2n) is 4.97. The number of aryl methyl sites for hydroxylation is 2. The summed E-state index contributed by atoms with van der Waals surface area (Å²) in [6.45, 7) is 13.6. The highest BCUT2D eigenvalue weighted by atomic mass is 14.9. The Balaban J connectivity index is 2.84. The first-order valence-electron chi connectivity index (χ1n) is 6.49. The molecule has 0 bridgehead atoms. The lowest BCUT2D eigenvalue weighted by atomic mass is 9.95. The van der Waals surface area contributed by atoms with Crippen LogP contribution in [0.1, 0.15) is 49.4 Å². The summed E-state index contributed by atoms with van der Waals surface area (Å²) in [6.07, 6.45) is 2.22. The van der Waals surface area contributed by atoms with Gasteiger partial charge < -0.3 is 5.32 Å². The van der Waals surface area contributed by atoms with Crippen molar-refractivity contribution in [3.8, 4) is 0 Å². The molecule has 17 heavy (non-hydrogen) atoms. The number of rotatable bonds is 6. The van der Waals surface area contributed by atoms with E-state index in [1.54, 1.807) is 0 Å². The molecule has 1 heteroatoms. The molecule has 0 aliphatic carbocycles. The summed E-state index contributed by atoms with van der Waals surface area (Å²) in [4.78, 5) is 0. The molecule has 0 heterocycles. The van der Waals surface area contributed by atoms with Gasteiger partial charge in [-0.25, -0.2) is 0 Å². The molecule has 0 fully saturated rings. The fourth-order valence-electron chi connectivity index (χ4n) is 2.22. The molecule has 0 aromatic heterocycles. The number of hydrogen-bond donors (Lipinski definition) is 1. The average Bonchev–Trinajstić information content (AvgIpc) is 2.24. The Hall–Kier alpha value is -1.08. The quantitative estimate of drug-likeness (QED) is 0.719. The molecule has 1 unspecified atom stereocenters. The summed E-state index contributed by atoms with van der Waals surface area (Å²) in [7, 11) is 0. The van der Waals surface area contributed by atoms with Crippen LogP contribution in [-0.4, -0.2) is 6.54 Å². The van der Waals surface area contributed by atoms with Gasteiger partial charge in [0, 0.05) is 6.04 Å². The maximum Gasteiger partial charge on any atom is 0.0325 e. The van der Waals surface area contributed by atoms with E-state index in [2.05, 4.69) is 57.8 Å². The van der Waals surface area contributed by atoms with Crippen LogP contribution in [0.2, 0.25) is 0 Å². The van der Waals surface area contributed by atoms with Crippen LogP contribution < -0.4 is 5.32 Å². The predicted octanol–water partition coefficient (Wildman–Crippen LogP) is 4.31. The fraction of sp³-hybridized carbons (Fsp3) is 0.500. The van der Waals surface area contributed by atoms with Crippen molar-refractivity contribution in [2.75, 3.05) is 6.54 Å². The minimum absolute atomic E-state index is 0.456. The third-order valence-electron chi connectivity index (χ3n) is 3.11. The zero-order valence-corrected chi connectivity index (χ0v) is 11.6. The van der Waals surface area contributed by atoms with Crippen LogP contribution >= 0.6 is 0 Å². The molecule has 0 amide bonds. The van der Waals surface area contributed by atoms with Gasteiger partial charge in [-0.3, -0.25) is 0 Å². The van der Waals surface area contributed by atoms with Crippen molar-refractivity contribution in [3.05, 3.63) is 47.0 Å². The SMILES string of the molecule is C=C(C)CCC(NCC)c1ccc(C)cc1C. The van der Waals surface area contributed by atoms with Gasteiger partial charge in [0.05, 0.1) is 0 Å². The molecule has 0 saturated carbocycles. The largest absolute Gasteiger partial charge is 0.310 e. The molecule has 1 aromatic carbocycles. The van der Waals surface area contributed by atoms with Gasteiger partial charge in [-0.1, -0.05) is 36.3 Å². The van der Waals surface area contributed by atoms with Crippen LogP contribution in [0.4, 0.5) is 0 Å². The van der Waals surface area contributed by atoms with Crippen LogP contribution in [0.5, 0.6) is 0 Å². The monoisotopic (exact) mass is 231 g/mol. The third-order valence-corrected chi connectivity index (χ3v) is 3.11. The zero-order valence-electron chi connectivity index (χ0n) is 11.6. The highest BCUT2D eigenvalue weighted by molar-refractivity contribution is 5.32. The van der Waals surface area contributed by atoms with Crippen LogP contribution in [0.25, 0.3) is 0 Å². The Morgan fingerprint density at radius 3 is 2.59 bits per heavy atom. The number of benzene rings is 1. The molecule has 1 nitrogen and oxygen atoms in total. The van der Waals surface area contributed by atoms with Gasteiger partial charge in [-0.2, -0.15) is 0 Å². The molecule has 0 spiro atoms. The Morgan fingerprint density at radius 1 is 1.35 bits per heavy atom. The smallest absolute Gasteiger partial charge is 0.0325 e. The Kier molecular flexibility index (Phi) is 5.43. The lowest BCUT2D eigenvalue weighted by molar-refractivity contribution is 0.512. The first-order chi connectivity index (χ1) is 8.04.